The maximum absolute atomic E-state index is 12.7. The van der Waals surface area contributed by atoms with E-state index < -0.39 is 19.0 Å². The van der Waals surface area contributed by atoms with Gasteiger partial charge in [0.25, 0.3) is 6.43 Å². The minimum absolute atomic E-state index is 0.00641. The molecule has 1 aliphatic rings. The van der Waals surface area contributed by atoms with Crippen molar-refractivity contribution in [3.05, 3.63) is 23.2 Å². The Morgan fingerprint density at radius 1 is 1.52 bits per heavy atom. The number of rotatable bonds is 5. The van der Waals surface area contributed by atoms with E-state index >= 15 is 0 Å². The second-order valence-corrected chi connectivity index (χ2v) is 7.12. The topological polar surface area (TPSA) is 45.5 Å². The van der Waals surface area contributed by atoms with E-state index in [1.807, 2.05) is 19.9 Å². The quantitative estimate of drug-likeness (QED) is 0.876. The lowest BCUT2D eigenvalue weighted by Gasteiger charge is -2.35. The number of furan rings is 1. The largest absolute Gasteiger partial charge is 0.466 e. The molecule has 0 aromatic carbocycles. The average molecular weight is 328 g/mol. The van der Waals surface area contributed by atoms with E-state index in [1.54, 1.807) is 0 Å². The summed E-state index contributed by atoms with van der Waals surface area (Å²) in [6, 6.07) is 1.31. The van der Waals surface area contributed by atoms with Crippen molar-refractivity contribution in [3.63, 3.8) is 0 Å². The lowest BCUT2D eigenvalue weighted by molar-refractivity contribution is 0.0960. The third kappa shape index (κ3) is 4.45. The van der Waals surface area contributed by atoms with Crippen molar-refractivity contribution in [2.75, 3.05) is 13.1 Å². The van der Waals surface area contributed by atoms with Gasteiger partial charge in [-0.2, -0.15) is 0 Å². The second kappa shape index (κ2) is 6.89. The molecule has 0 bridgehead atoms. The summed E-state index contributed by atoms with van der Waals surface area (Å²) in [6.07, 6.45) is -0.300. The van der Waals surface area contributed by atoms with E-state index in [9.17, 15) is 13.6 Å². The molecule has 1 N–H and O–H groups in total. The molecule has 0 saturated heterocycles. The Hall–Kier alpha value is -1.59. The zero-order chi connectivity index (χ0) is 17.2. The van der Waals surface area contributed by atoms with Crippen LogP contribution < -0.4 is 5.32 Å². The van der Waals surface area contributed by atoms with E-state index in [1.165, 1.54) is 4.90 Å². The summed E-state index contributed by atoms with van der Waals surface area (Å²) < 4.78 is 31.1. The van der Waals surface area contributed by atoms with Crippen LogP contribution in [0.2, 0.25) is 0 Å². The van der Waals surface area contributed by atoms with Crippen LogP contribution in [0.1, 0.15) is 56.7 Å². The molecule has 130 valence electrons. The molecule has 0 aliphatic heterocycles. The first kappa shape index (κ1) is 17.8. The van der Waals surface area contributed by atoms with Gasteiger partial charge in [-0.3, -0.25) is 0 Å². The summed E-state index contributed by atoms with van der Waals surface area (Å²) in [5, 5.41) is 2.93. The number of fused-ring (bicyclic) bond motifs is 1. The fourth-order valence-electron chi connectivity index (χ4n) is 3.27. The van der Waals surface area contributed by atoms with Gasteiger partial charge in [0, 0.05) is 18.5 Å². The van der Waals surface area contributed by atoms with Crippen molar-refractivity contribution in [2.45, 2.75) is 59.4 Å². The highest BCUT2D eigenvalue weighted by Gasteiger charge is 2.36. The zero-order valence-corrected chi connectivity index (χ0v) is 14.3. The molecule has 1 aromatic rings. The summed E-state index contributed by atoms with van der Waals surface area (Å²) in [5.74, 6) is 1.70. The van der Waals surface area contributed by atoms with Crippen molar-refractivity contribution < 1.29 is 18.0 Å². The van der Waals surface area contributed by atoms with E-state index in [0.717, 1.165) is 29.9 Å². The van der Waals surface area contributed by atoms with Gasteiger partial charge in [0.2, 0.25) is 0 Å². The van der Waals surface area contributed by atoms with Gasteiger partial charge in [0.05, 0.1) is 12.6 Å². The molecule has 6 heteroatoms. The summed E-state index contributed by atoms with van der Waals surface area (Å²) >= 11 is 0. The first-order valence-electron chi connectivity index (χ1n) is 8.14. The van der Waals surface area contributed by atoms with Crippen LogP contribution in [0.3, 0.4) is 0 Å². The first-order valence-corrected chi connectivity index (χ1v) is 8.14. The van der Waals surface area contributed by atoms with Gasteiger partial charge < -0.3 is 14.6 Å². The van der Waals surface area contributed by atoms with E-state index in [-0.39, 0.29) is 11.5 Å². The second-order valence-electron chi connectivity index (χ2n) is 7.12. The van der Waals surface area contributed by atoms with Crippen molar-refractivity contribution in [2.24, 2.45) is 5.41 Å². The molecule has 0 fully saturated rings. The van der Waals surface area contributed by atoms with Gasteiger partial charge in [0.15, 0.2) is 0 Å². The molecule has 1 atom stereocenters. The van der Waals surface area contributed by atoms with Crippen LogP contribution in [0.25, 0.3) is 0 Å². The molecule has 0 spiro atoms. The normalized spacial score (nSPS) is 19.5. The van der Waals surface area contributed by atoms with Crippen molar-refractivity contribution in [3.8, 4) is 0 Å². The Kier molecular flexibility index (Phi) is 5.32. The smallest absolute Gasteiger partial charge is 0.318 e. The number of urea groups is 1. The van der Waals surface area contributed by atoms with Gasteiger partial charge in [-0.05, 0) is 31.2 Å². The Morgan fingerprint density at radius 3 is 2.83 bits per heavy atom. The average Bonchev–Trinajstić information content (AvgIpc) is 2.76. The van der Waals surface area contributed by atoms with Gasteiger partial charge in [0.1, 0.15) is 11.5 Å². The predicted molar refractivity (Wildman–Crippen MR) is 84.7 cm³/mol. The highest BCUT2D eigenvalue weighted by molar-refractivity contribution is 5.75. The van der Waals surface area contributed by atoms with Crippen LogP contribution in [0.15, 0.2) is 10.5 Å². The molecule has 1 aromatic heterocycles. The molecular formula is C17H26F2N2O2. The standard InChI is InChI=1S/C17H26F2N2O2/c1-5-6-21(10-15(18)19)16(22)20-13-8-17(3,4)9-14-12(13)7-11(2)23-14/h7,13,15H,5-6,8-10H2,1-4H3,(H,20,22). The number of hydrogen-bond donors (Lipinski definition) is 1. The molecule has 2 amide bonds. The van der Waals surface area contributed by atoms with Gasteiger partial charge >= 0.3 is 6.03 Å². The summed E-state index contributed by atoms with van der Waals surface area (Å²) in [4.78, 5) is 13.6. The molecule has 2 rings (SSSR count). The highest BCUT2D eigenvalue weighted by atomic mass is 19.3. The number of alkyl halides is 2. The van der Waals surface area contributed by atoms with Crippen LogP contribution >= 0.6 is 0 Å². The number of carbonyl (C=O) groups is 1. The Labute approximate surface area is 136 Å². The fourth-order valence-corrected chi connectivity index (χ4v) is 3.27. The third-order valence-corrected chi connectivity index (χ3v) is 4.17. The predicted octanol–water partition coefficient (Wildman–Crippen LogP) is 4.29. The monoisotopic (exact) mass is 328 g/mol. The SMILES string of the molecule is CCCN(CC(F)F)C(=O)NC1CC(C)(C)Cc2oc(C)cc21. The van der Waals surface area contributed by atoms with Crippen LogP contribution in [-0.4, -0.2) is 30.4 Å². The third-order valence-electron chi connectivity index (χ3n) is 4.17. The van der Waals surface area contributed by atoms with Crippen LogP contribution in [0, 0.1) is 12.3 Å². The maximum atomic E-state index is 12.7. The molecule has 1 unspecified atom stereocenters. The van der Waals surface area contributed by atoms with Gasteiger partial charge in [-0.1, -0.05) is 20.8 Å². The Morgan fingerprint density at radius 2 is 2.22 bits per heavy atom. The number of halogens is 2. The lowest BCUT2D eigenvalue weighted by Crippen LogP contribution is -2.46. The molecule has 23 heavy (non-hydrogen) atoms. The van der Waals surface area contributed by atoms with Crippen molar-refractivity contribution in [1.29, 1.82) is 0 Å². The van der Waals surface area contributed by atoms with Crippen LogP contribution in [0.5, 0.6) is 0 Å². The van der Waals surface area contributed by atoms with E-state index in [4.69, 9.17) is 4.42 Å². The Balaban J connectivity index is 2.15. The molecule has 0 radical (unpaired) electrons. The zero-order valence-electron chi connectivity index (χ0n) is 14.3. The minimum Gasteiger partial charge on any atom is -0.466 e. The number of nitrogens with zero attached hydrogens (tertiary/aromatic N) is 1. The number of aryl methyl sites for hydroxylation is 1. The molecular weight excluding hydrogens is 302 g/mol. The highest BCUT2D eigenvalue weighted by Crippen LogP contribution is 2.42. The number of amides is 2. The first-order chi connectivity index (χ1) is 10.7. The van der Waals surface area contributed by atoms with Gasteiger partial charge in [-0.15, -0.1) is 0 Å². The van der Waals surface area contributed by atoms with Crippen molar-refractivity contribution >= 4 is 6.03 Å². The fraction of sp³-hybridized carbons (Fsp3) is 0.706. The van der Waals surface area contributed by atoms with E-state index in [2.05, 4.69) is 19.2 Å². The summed E-state index contributed by atoms with van der Waals surface area (Å²) in [7, 11) is 0. The maximum Gasteiger partial charge on any atom is 0.318 e. The molecule has 4 nitrogen and oxygen atoms in total. The molecule has 1 heterocycles. The Bertz CT molecular complexity index is 555. The number of carbonyl (C=O) groups excluding carboxylic acids is 1. The molecule has 1 aliphatic carbocycles. The number of nitrogens with one attached hydrogen (secondary N) is 1. The van der Waals surface area contributed by atoms with Crippen molar-refractivity contribution in [1.82, 2.24) is 10.2 Å². The van der Waals surface area contributed by atoms with Crippen LogP contribution in [-0.2, 0) is 6.42 Å². The summed E-state index contributed by atoms with van der Waals surface area (Å²) in [5.41, 5.74) is 0.969. The van der Waals surface area contributed by atoms with Gasteiger partial charge in [-0.25, -0.2) is 13.6 Å². The summed E-state index contributed by atoms with van der Waals surface area (Å²) in [6.45, 7) is 7.78. The number of hydrogen-bond acceptors (Lipinski definition) is 2. The van der Waals surface area contributed by atoms with Crippen LogP contribution in [0.4, 0.5) is 13.6 Å². The minimum atomic E-state index is -2.53. The molecule has 0 saturated carbocycles. The lowest BCUT2D eigenvalue weighted by atomic mass is 9.75. The van der Waals surface area contributed by atoms with E-state index in [0.29, 0.717) is 13.0 Å².